The first kappa shape index (κ1) is 16.2. The van der Waals surface area contributed by atoms with Gasteiger partial charge in [0.2, 0.25) is 11.8 Å². The fourth-order valence-electron chi connectivity index (χ4n) is 2.95. The van der Waals surface area contributed by atoms with Crippen LogP contribution in [-0.4, -0.2) is 34.6 Å². The summed E-state index contributed by atoms with van der Waals surface area (Å²) in [6.45, 7) is 4.11. The number of benzene rings is 1. The van der Waals surface area contributed by atoms with Crippen LogP contribution in [0.3, 0.4) is 0 Å². The van der Waals surface area contributed by atoms with Gasteiger partial charge in [-0.1, -0.05) is 0 Å². The average molecular weight is 330 g/mol. The zero-order valence-electron chi connectivity index (χ0n) is 13.6. The lowest BCUT2D eigenvalue weighted by Crippen LogP contribution is -2.38. The van der Waals surface area contributed by atoms with Gasteiger partial charge < -0.3 is 10.2 Å². The minimum Gasteiger partial charge on any atom is -0.351 e. The Kier molecular flexibility index (Phi) is 4.33. The number of aromatic amines is 1. The van der Waals surface area contributed by atoms with Crippen molar-refractivity contribution in [2.45, 2.75) is 32.7 Å². The first-order valence-corrected chi connectivity index (χ1v) is 7.80. The highest BCUT2D eigenvalue weighted by Crippen LogP contribution is 2.22. The van der Waals surface area contributed by atoms with Crippen molar-refractivity contribution in [1.29, 1.82) is 0 Å². The van der Waals surface area contributed by atoms with Gasteiger partial charge in [-0.15, -0.1) is 0 Å². The number of anilines is 1. The highest BCUT2D eigenvalue weighted by atomic mass is 19.1. The van der Waals surface area contributed by atoms with Crippen molar-refractivity contribution in [1.82, 2.24) is 15.5 Å². The van der Waals surface area contributed by atoms with Crippen LogP contribution < -0.4 is 10.2 Å². The van der Waals surface area contributed by atoms with E-state index in [-0.39, 0.29) is 36.5 Å². The van der Waals surface area contributed by atoms with Gasteiger partial charge in [-0.2, -0.15) is 5.10 Å². The Morgan fingerprint density at radius 1 is 1.38 bits per heavy atom. The second kappa shape index (κ2) is 6.43. The average Bonchev–Trinajstić information content (AvgIpc) is 3.05. The van der Waals surface area contributed by atoms with Crippen LogP contribution in [0.15, 0.2) is 24.3 Å². The van der Waals surface area contributed by atoms with E-state index in [2.05, 4.69) is 15.5 Å². The highest BCUT2D eigenvalue weighted by Gasteiger charge is 2.31. The van der Waals surface area contributed by atoms with E-state index in [4.69, 9.17) is 0 Å². The molecule has 1 unspecified atom stereocenters. The van der Waals surface area contributed by atoms with E-state index in [1.54, 1.807) is 17.0 Å². The number of aromatic nitrogens is 2. The largest absolute Gasteiger partial charge is 0.351 e. The smallest absolute Gasteiger partial charge is 0.229 e. The van der Waals surface area contributed by atoms with Gasteiger partial charge in [-0.25, -0.2) is 4.39 Å². The fourth-order valence-corrected chi connectivity index (χ4v) is 2.95. The molecular weight excluding hydrogens is 311 g/mol. The van der Waals surface area contributed by atoms with Crippen molar-refractivity contribution >= 4 is 17.5 Å². The second-order valence-electron chi connectivity index (χ2n) is 6.04. The van der Waals surface area contributed by atoms with E-state index >= 15 is 0 Å². The minimum absolute atomic E-state index is 0.0809. The van der Waals surface area contributed by atoms with Gasteiger partial charge in [0, 0.05) is 29.9 Å². The van der Waals surface area contributed by atoms with Gasteiger partial charge in [0.15, 0.2) is 0 Å². The van der Waals surface area contributed by atoms with Gasteiger partial charge in [0.05, 0.1) is 18.2 Å². The second-order valence-corrected chi connectivity index (χ2v) is 6.04. The van der Waals surface area contributed by atoms with Crippen molar-refractivity contribution in [3.63, 3.8) is 0 Å². The molecule has 7 heteroatoms. The fraction of sp³-hybridized carbons (Fsp3) is 0.353. The predicted molar refractivity (Wildman–Crippen MR) is 87.1 cm³/mol. The number of rotatable bonds is 4. The van der Waals surface area contributed by atoms with E-state index < -0.39 is 0 Å². The Balaban J connectivity index is 1.62. The molecule has 2 amide bonds. The van der Waals surface area contributed by atoms with Crippen molar-refractivity contribution in [3.8, 4) is 0 Å². The molecule has 24 heavy (non-hydrogen) atoms. The van der Waals surface area contributed by atoms with E-state index in [0.29, 0.717) is 12.2 Å². The predicted octanol–water partition coefficient (Wildman–Crippen LogP) is 1.63. The number of amides is 2. The molecule has 2 heterocycles. The minimum atomic E-state index is -0.346. The van der Waals surface area contributed by atoms with Crippen LogP contribution in [0.25, 0.3) is 0 Å². The van der Waals surface area contributed by atoms with E-state index in [9.17, 15) is 14.0 Å². The number of nitrogens with zero attached hydrogens (tertiary/aromatic N) is 2. The molecule has 0 radical (unpaired) electrons. The maximum absolute atomic E-state index is 13.0. The van der Waals surface area contributed by atoms with E-state index in [0.717, 1.165) is 17.0 Å². The summed E-state index contributed by atoms with van der Waals surface area (Å²) in [6.07, 6.45) is 0.474. The zero-order valence-corrected chi connectivity index (χ0v) is 13.6. The number of carbonyl (C=O) groups excluding carboxylic acids is 2. The third-order valence-corrected chi connectivity index (χ3v) is 4.25. The van der Waals surface area contributed by atoms with Gasteiger partial charge in [-0.3, -0.25) is 14.7 Å². The first-order chi connectivity index (χ1) is 11.4. The molecule has 2 aromatic rings. The van der Waals surface area contributed by atoms with Gasteiger partial charge in [0.25, 0.3) is 0 Å². The number of hydrogen-bond donors (Lipinski definition) is 2. The molecule has 126 valence electrons. The molecule has 0 saturated carbocycles. The molecule has 1 saturated heterocycles. The molecule has 1 aromatic carbocycles. The molecule has 1 aliphatic rings. The van der Waals surface area contributed by atoms with Crippen molar-refractivity contribution in [2.75, 3.05) is 11.4 Å². The van der Waals surface area contributed by atoms with E-state index in [1.807, 2.05) is 13.8 Å². The lowest BCUT2D eigenvalue weighted by atomic mass is 10.1. The number of nitrogens with one attached hydrogen (secondary N) is 2. The van der Waals surface area contributed by atoms with Crippen molar-refractivity contribution in [3.05, 3.63) is 47.0 Å². The summed E-state index contributed by atoms with van der Waals surface area (Å²) in [6, 6.07) is 5.52. The van der Waals surface area contributed by atoms with Gasteiger partial charge in [-0.05, 0) is 38.1 Å². The standard InChI is InChI=1S/C17H19FN4O2/c1-10-15(11(2)21-20-10)8-16(23)19-13-7-17(24)22(9-13)14-5-3-12(18)4-6-14/h3-6,13H,7-9H2,1-2H3,(H,19,23)(H,20,21). The van der Waals surface area contributed by atoms with Gasteiger partial charge >= 0.3 is 0 Å². The number of halogens is 1. The highest BCUT2D eigenvalue weighted by molar-refractivity contribution is 5.96. The molecule has 1 fully saturated rings. The summed E-state index contributed by atoms with van der Waals surface area (Å²) < 4.78 is 13.0. The number of hydrogen-bond acceptors (Lipinski definition) is 3. The quantitative estimate of drug-likeness (QED) is 0.894. The van der Waals surface area contributed by atoms with Crippen molar-refractivity contribution in [2.24, 2.45) is 0 Å². The maximum Gasteiger partial charge on any atom is 0.229 e. The SMILES string of the molecule is Cc1n[nH]c(C)c1CC(=O)NC1CC(=O)N(c2ccc(F)cc2)C1. The topological polar surface area (TPSA) is 78.1 Å². The van der Waals surface area contributed by atoms with Crippen LogP contribution in [0.4, 0.5) is 10.1 Å². The third kappa shape index (κ3) is 3.29. The lowest BCUT2D eigenvalue weighted by Gasteiger charge is -2.17. The molecule has 0 spiro atoms. The Morgan fingerprint density at radius 3 is 2.71 bits per heavy atom. The normalized spacial score (nSPS) is 17.4. The summed E-state index contributed by atoms with van der Waals surface area (Å²) in [5.41, 5.74) is 3.20. The molecule has 0 aliphatic carbocycles. The summed E-state index contributed by atoms with van der Waals surface area (Å²) in [5.74, 6) is -0.565. The molecule has 1 aromatic heterocycles. The molecular formula is C17H19FN4O2. The molecule has 3 rings (SSSR count). The Hall–Kier alpha value is -2.70. The Bertz CT molecular complexity index is 750. The van der Waals surface area contributed by atoms with Crippen molar-refractivity contribution < 1.29 is 14.0 Å². The molecule has 1 atom stereocenters. The van der Waals surface area contributed by atoms with Crippen LogP contribution in [0.2, 0.25) is 0 Å². The van der Waals surface area contributed by atoms with Crippen LogP contribution in [-0.2, 0) is 16.0 Å². The van der Waals surface area contributed by atoms with E-state index in [1.165, 1.54) is 12.1 Å². The molecule has 0 bridgehead atoms. The molecule has 6 nitrogen and oxygen atoms in total. The number of aryl methyl sites for hydroxylation is 2. The number of H-pyrrole nitrogens is 1. The van der Waals surface area contributed by atoms with Crippen LogP contribution in [0, 0.1) is 19.7 Å². The first-order valence-electron chi connectivity index (χ1n) is 7.80. The Labute approximate surface area is 139 Å². The van der Waals surface area contributed by atoms with Crippen LogP contribution in [0.5, 0.6) is 0 Å². The lowest BCUT2D eigenvalue weighted by molar-refractivity contribution is -0.121. The van der Waals surface area contributed by atoms with Crippen LogP contribution in [0.1, 0.15) is 23.4 Å². The Morgan fingerprint density at radius 2 is 2.08 bits per heavy atom. The molecule has 2 N–H and O–H groups in total. The summed E-state index contributed by atoms with van der Waals surface area (Å²) in [4.78, 5) is 25.9. The van der Waals surface area contributed by atoms with Crippen LogP contribution >= 0.6 is 0 Å². The molecule has 1 aliphatic heterocycles. The monoisotopic (exact) mass is 330 g/mol. The number of carbonyl (C=O) groups is 2. The third-order valence-electron chi connectivity index (χ3n) is 4.25. The maximum atomic E-state index is 13.0. The summed E-state index contributed by atoms with van der Waals surface area (Å²) >= 11 is 0. The zero-order chi connectivity index (χ0) is 17.3. The summed E-state index contributed by atoms with van der Waals surface area (Å²) in [7, 11) is 0. The van der Waals surface area contributed by atoms with Gasteiger partial charge in [0.1, 0.15) is 5.82 Å². The summed E-state index contributed by atoms with van der Waals surface area (Å²) in [5, 5.41) is 9.82.